The van der Waals surface area contributed by atoms with Crippen LogP contribution >= 0.6 is 0 Å². The lowest BCUT2D eigenvalue weighted by molar-refractivity contribution is -0.385. The molecule has 0 aliphatic carbocycles. The fourth-order valence-corrected chi connectivity index (χ4v) is 1.86. The minimum absolute atomic E-state index is 0.0960. The van der Waals surface area contributed by atoms with Crippen molar-refractivity contribution in [2.75, 3.05) is 34.0 Å². The Morgan fingerprint density at radius 2 is 1.88 bits per heavy atom. The number of benzene rings is 1. The van der Waals surface area contributed by atoms with Crippen LogP contribution in [0.2, 0.25) is 0 Å². The Bertz CT molecular complexity index is 687. The molecule has 0 spiro atoms. The van der Waals surface area contributed by atoms with Gasteiger partial charge in [0.25, 0.3) is 11.6 Å². The van der Waals surface area contributed by atoms with E-state index in [9.17, 15) is 19.7 Å². The van der Waals surface area contributed by atoms with Crippen LogP contribution in [0.3, 0.4) is 0 Å². The Kier molecular flexibility index (Phi) is 7.32. The summed E-state index contributed by atoms with van der Waals surface area (Å²) in [5, 5.41) is 22.8. The lowest BCUT2D eigenvalue weighted by atomic mass is 9.94. The number of nitro benzene ring substituents is 1. The largest absolute Gasteiger partial charge is 0.493 e. The molecule has 0 aliphatic heterocycles. The number of carbonyl (C=O) groups excluding carboxylic acids is 1. The fourth-order valence-electron chi connectivity index (χ4n) is 1.86. The molecule has 0 radical (unpaired) electrons. The number of hydrogen-bond donors (Lipinski definition) is 2. The molecule has 0 saturated carbocycles. The second-order valence-corrected chi connectivity index (χ2v) is 5.99. The van der Waals surface area contributed by atoms with E-state index in [1.807, 2.05) is 0 Å². The van der Waals surface area contributed by atoms with Gasteiger partial charge in [0, 0.05) is 19.7 Å². The second kappa shape index (κ2) is 8.99. The van der Waals surface area contributed by atoms with Gasteiger partial charge in [-0.3, -0.25) is 19.7 Å². The Hall–Kier alpha value is -2.88. The average Bonchev–Trinajstić information content (AvgIpc) is 2.59. The van der Waals surface area contributed by atoms with Crippen molar-refractivity contribution in [2.24, 2.45) is 5.41 Å². The molecule has 0 aliphatic rings. The first-order valence-corrected chi connectivity index (χ1v) is 7.63. The number of nitrogens with zero attached hydrogens (tertiary/aromatic N) is 1. The highest BCUT2D eigenvalue weighted by Gasteiger charge is 2.30. The van der Waals surface area contributed by atoms with Crippen LogP contribution in [-0.2, 0) is 9.53 Å². The molecule has 144 valence electrons. The van der Waals surface area contributed by atoms with Gasteiger partial charge in [-0.1, -0.05) is 0 Å². The number of carbonyl (C=O) groups is 2. The Labute approximate surface area is 150 Å². The van der Waals surface area contributed by atoms with Gasteiger partial charge in [0.2, 0.25) is 0 Å². The van der Waals surface area contributed by atoms with Crippen molar-refractivity contribution >= 4 is 17.6 Å². The molecule has 10 nitrogen and oxygen atoms in total. The summed E-state index contributed by atoms with van der Waals surface area (Å²) < 4.78 is 15.3. The van der Waals surface area contributed by atoms with E-state index in [0.29, 0.717) is 0 Å². The fraction of sp³-hybridized carbons (Fsp3) is 0.500. The van der Waals surface area contributed by atoms with Gasteiger partial charge in [-0.25, -0.2) is 0 Å². The van der Waals surface area contributed by atoms with Crippen molar-refractivity contribution < 1.29 is 33.8 Å². The van der Waals surface area contributed by atoms with Crippen LogP contribution in [0.1, 0.15) is 24.2 Å². The number of carboxylic acid groups (broad SMARTS) is 1. The number of rotatable bonds is 10. The summed E-state index contributed by atoms with van der Waals surface area (Å²) in [7, 11) is 2.81. The summed E-state index contributed by atoms with van der Waals surface area (Å²) in [4.78, 5) is 34.1. The first-order valence-electron chi connectivity index (χ1n) is 7.63. The maximum Gasteiger partial charge on any atom is 0.310 e. The van der Waals surface area contributed by atoms with Crippen LogP contribution < -0.4 is 14.8 Å². The summed E-state index contributed by atoms with van der Waals surface area (Å²) in [6, 6.07) is 2.27. The van der Waals surface area contributed by atoms with Crippen molar-refractivity contribution in [3.05, 3.63) is 27.8 Å². The number of amides is 1. The van der Waals surface area contributed by atoms with Gasteiger partial charge in [-0.2, -0.15) is 0 Å². The highest BCUT2D eigenvalue weighted by molar-refractivity contribution is 5.99. The van der Waals surface area contributed by atoms with Crippen molar-refractivity contribution in [3.8, 4) is 11.5 Å². The quantitative estimate of drug-likeness (QED) is 0.359. The van der Waals surface area contributed by atoms with E-state index < -0.39 is 27.9 Å². The molecule has 1 amide bonds. The lowest BCUT2D eigenvalue weighted by Crippen LogP contribution is -2.39. The van der Waals surface area contributed by atoms with Gasteiger partial charge in [0.05, 0.1) is 30.1 Å². The molecule has 2 N–H and O–H groups in total. The molecule has 1 aromatic rings. The predicted octanol–water partition coefficient (Wildman–Crippen LogP) is 1.47. The monoisotopic (exact) mass is 370 g/mol. The van der Waals surface area contributed by atoms with Crippen LogP contribution in [0.4, 0.5) is 5.69 Å². The van der Waals surface area contributed by atoms with Gasteiger partial charge < -0.3 is 24.6 Å². The molecule has 0 unspecified atom stereocenters. The van der Waals surface area contributed by atoms with Crippen molar-refractivity contribution in [2.45, 2.75) is 13.8 Å². The predicted molar refractivity (Wildman–Crippen MR) is 90.8 cm³/mol. The zero-order valence-corrected chi connectivity index (χ0v) is 15.0. The van der Waals surface area contributed by atoms with Crippen LogP contribution in [0.25, 0.3) is 0 Å². The van der Waals surface area contributed by atoms with Crippen molar-refractivity contribution in [1.29, 1.82) is 0 Å². The molecular weight excluding hydrogens is 348 g/mol. The van der Waals surface area contributed by atoms with E-state index in [1.54, 1.807) is 0 Å². The molecule has 1 rings (SSSR count). The number of methoxy groups -OCH3 is 2. The van der Waals surface area contributed by atoms with Crippen LogP contribution in [-0.4, -0.2) is 55.9 Å². The van der Waals surface area contributed by atoms with E-state index >= 15 is 0 Å². The first-order chi connectivity index (χ1) is 12.1. The van der Waals surface area contributed by atoms with Gasteiger partial charge in [0.1, 0.15) is 12.2 Å². The molecule has 0 heterocycles. The molecule has 0 atom stereocenters. The molecule has 1 aromatic carbocycles. The number of carboxylic acids is 1. The minimum atomic E-state index is -1.22. The highest BCUT2D eigenvalue weighted by atomic mass is 16.6. The van der Waals surface area contributed by atoms with E-state index in [-0.39, 0.29) is 36.8 Å². The summed E-state index contributed by atoms with van der Waals surface area (Å²) in [5.74, 6) is -1.66. The topological polar surface area (TPSA) is 137 Å². The van der Waals surface area contributed by atoms with Crippen LogP contribution in [0.5, 0.6) is 11.5 Å². The Balaban J connectivity index is 3.14. The normalized spacial score (nSPS) is 10.9. The number of ether oxygens (including phenoxy) is 3. The van der Waals surface area contributed by atoms with Gasteiger partial charge in [0.15, 0.2) is 11.5 Å². The Morgan fingerprint density at radius 1 is 1.23 bits per heavy atom. The third-order valence-corrected chi connectivity index (χ3v) is 3.54. The molecule has 0 fully saturated rings. The SMILES string of the molecule is COCCOc1cc([N+](=O)[O-])c(C(=O)NCC(C)(C)C(=O)O)cc1OC. The lowest BCUT2D eigenvalue weighted by Gasteiger charge is -2.19. The summed E-state index contributed by atoms with van der Waals surface area (Å²) in [6.45, 7) is 3.06. The smallest absolute Gasteiger partial charge is 0.310 e. The number of hydrogen-bond acceptors (Lipinski definition) is 7. The van der Waals surface area contributed by atoms with Gasteiger partial charge in [-0.15, -0.1) is 0 Å². The number of nitrogens with one attached hydrogen (secondary N) is 1. The van der Waals surface area contributed by atoms with Gasteiger partial charge >= 0.3 is 5.97 Å². The van der Waals surface area contributed by atoms with E-state index in [0.717, 1.165) is 6.07 Å². The molecular formula is C16H22N2O8. The number of nitro groups is 1. The number of aliphatic carboxylic acids is 1. The summed E-state index contributed by atoms with van der Waals surface area (Å²) >= 11 is 0. The molecule has 0 aromatic heterocycles. The molecule has 26 heavy (non-hydrogen) atoms. The van der Waals surface area contributed by atoms with Gasteiger partial charge in [-0.05, 0) is 13.8 Å². The standard InChI is InChI=1S/C16H22N2O8/c1-16(2,15(20)21)9-17-14(19)10-7-12(25-4)13(26-6-5-24-3)8-11(10)18(22)23/h7-8H,5-6,9H2,1-4H3,(H,17,19)(H,20,21). The Morgan fingerprint density at radius 3 is 2.38 bits per heavy atom. The highest BCUT2D eigenvalue weighted by Crippen LogP contribution is 2.34. The maximum atomic E-state index is 12.4. The zero-order valence-electron chi connectivity index (χ0n) is 15.0. The zero-order chi connectivity index (χ0) is 19.9. The van der Waals surface area contributed by atoms with Crippen molar-refractivity contribution in [1.82, 2.24) is 5.32 Å². The van der Waals surface area contributed by atoms with Crippen LogP contribution in [0.15, 0.2) is 12.1 Å². The summed E-state index contributed by atoms with van der Waals surface area (Å²) in [5.41, 5.74) is -1.96. The molecule has 0 saturated heterocycles. The van der Waals surface area contributed by atoms with E-state index in [1.165, 1.54) is 34.1 Å². The molecule has 10 heteroatoms. The first kappa shape index (κ1) is 21.2. The van der Waals surface area contributed by atoms with E-state index in [2.05, 4.69) is 5.32 Å². The minimum Gasteiger partial charge on any atom is -0.493 e. The molecule has 0 bridgehead atoms. The summed E-state index contributed by atoms with van der Waals surface area (Å²) in [6.07, 6.45) is 0. The second-order valence-electron chi connectivity index (χ2n) is 5.99. The maximum absolute atomic E-state index is 12.4. The third-order valence-electron chi connectivity index (χ3n) is 3.54. The van der Waals surface area contributed by atoms with Crippen molar-refractivity contribution in [3.63, 3.8) is 0 Å². The third kappa shape index (κ3) is 5.31. The van der Waals surface area contributed by atoms with Crippen LogP contribution in [0, 0.1) is 15.5 Å². The average molecular weight is 370 g/mol. The van der Waals surface area contributed by atoms with E-state index in [4.69, 9.17) is 19.3 Å².